The molecule has 73 heavy (non-hydrogen) atoms. The van der Waals surface area contributed by atoms with Crippen LogP contribution >= 0.6 is 0 Å². The Hall–Kier alpha value is -7.64. The van der Waals surface area contributed by atoms with Crippen molar-refractivity contribution >= 4 is 72.0 Å². The summed E-state index contributed by atoms with van der Waals surface area (Å²) in [5.41, 5.74) is 1.01. The van der Waals surface area contributed by atoms with E-state index in [1.165, 1.54) is 49.1 Å². The Morgan fingerprint density at radius 1 is 0.384 bits per heavy atom. The summed E-state index contributed by atoms with van der Waals surface area (Å²) in [6, 6.07) is 18.3. The second-order valence-electron chi connectivity index (χ2n) is 19.7. The maximum absolute atomic E-state index is 11.9. The van der Waals surface area contributed by atoms with Gasteiger partial charge in [0.1, 0.15) is 45.4 Å². The van der Waals surface area contributed by atoms with Crippen LogP contribution in [0.25, 0.3) is 0 Å². The van der Waals surface area contributed by atoms with Crippen LogP contribution in [-0.4, -0.2) is 118 Å². The molecule has 0 fully saturated rings. The van der Waals surface area contributed by atoms with E-state index in [0.717, 1.165) is 0 Å². The van der Waals surface area contributed by atoms with Gasteiger partial charge < -0.3 is 39.4 Å². The van der Waals surface area contributed by atoms with Crippen molar-refractivity contribution in [2.45, 2.75) is 105 Å². The van der Waals surface area contributed by atoms with Crippen molar-refractivity contribution in [3.8, 4) is 23.0 Å². The summed E-state index contributed by atoms with van der Waals surface area (Å²) in [5.74, 6) is 0.0415. The van der Waals surface area contributed by atoms with Crippen LogP contribution in [0, 0.1) is 0 Å². The van der Waals surface area contributed by atoms with E-state index in [2.05, 4.69) is 41.2 Å². The first-order valence-corrected chi connectivity index (χ1v) is 22.7. The number of carbonyl (C=O) groups excluding carboxylic acids is 4. The predicted molar refractivity (Wildman–Crippen MR) is 282 cm³/mol. The molecule has 0 saturated heterocycles. The number of ether oxygens (including phenoxy) is 4. The number of aromatic hydroxyl groups is 4. The predicted octanol–water partition coefficient (Wildman–Crippen LogP) is 10.7. The molecular formula is C52H68FeN8O12. The molecule has 0 atom stereocenters. The fraction of sp³-hybridized carbons (Fsp3) is 0.385. The Morgan fingerprint density at radius 3 is 0.726 bits per heavy atom. The number of hydrogen-bond donors (Lipinski definition) is 8. The second kappa shape index (κ2) is 27.8. The molecule has 0 saturated carbocycles. The zero-order valence-electron chi connectivity index (χ0n) is 43.3. The number of hydrogen-bond acceptors (Lipinski definition) is 16. The monoisotopic (exact) mass is 1050 g/mol. The number of carbonyl (C=O) groups is 4. The fourth-order valence-electron chi connectivity index (χ4n) is 5.51. The maximum atomic E-state index is 11.9. The standard InChI is InChI=1S/2C26H34N4O6.Fe/c2*1-25(2,3)35-23(33)29-19-7-9-21(31)17(13-19)15-27-11-12-28-16-18-14-20(8-10-22(18)32)30-24(34)36-26(4,5)6;/h2*7-10,13-16,31-32H,11-12H2,1-6H3,(H,29,33)(H,30,34);. The Bertz CT molecular complexity index is 2270. The molecule has 0 unspecified atom stereocenters. The van der Waals surface area contributed by atoms with Gasteiger partial charge in [-0.25, -0.2) is 19.2 Å². The minimum atomic E-state index is -0.626. The van der Waals surface area contributed by atoms with Gasteiger partial charge >= 0.3 is 24.4 Å². The van der Waals surface area contributed by atoms with Crippen molar-refractivity contribution in [3.05, 3.63) is 95.1 Å². The third kappa shape index (κ3) is 25.9. The Morgan fingerprint density at radius 2 is 0.562 bits per heavy atom. The summed E-state index contributed by atoms with van der Waals surface area (Å²) in [6.07, 6.45) is 3.53. The number of phenolic OH excluding ortho intramolecular Hbond substituents is 4. The summed E-state index contributed by atoms with van der Waals surface area (Å²) in [6.45, 7) is 22.5. The number of aliphatic imine (C=N–C) groups is 4. The third-order valence-corrected chi connectivity index (χ3v) is 8.33. The molecule has 0 aliphatic heterocycles. The first kappa shape index (κ1) is 61.5. The number of phenols is 4. The van der Waals surface area contributed by atoms with Gasteiger partial charge in [-0.1, -0.05) is 0 Å². The van der Waals surface area contributed by atoms with E-state index in [-0.39, 0.29) is 40.1 Å². The van der Waals surface area contributed by atoms with Crippen LogP contribution < -0.4 is 21.3 Å². The molecule has 0 heterocycles. The molecule has 4 rings (SSSR count). The van der Waals surface area contributed by atoms with Crippen LogP contribution in [0.5, 0.6) is 23.0 Å². The van der Waals surface area contributed by atoms with E-state index >= 15 is 0 Å². The quantitative estimate of drug-likeness (QED) is 0.0192. The molecule has 4 aromatic rings. The first-order chi connectivity index (χ1) is 33.4. The van der Waals surface area contributed by atoms with Crippen LogP contribution in [0.1, 0.15) is 105 Å². The molecule has 8 N–H and O–H groups in total. The van der Waals surface area contributed by atoms with Gasteiger partial charge in [0.05, 0.1) is 26.2 Å². The number of nitrogens with one attached hydrogen (secondary N) is 4. The van der Waals surface area contributed by atoms with Crippen LogP contribution in [0.15, 0.2) is 92.8 Å². The van der Waals surface area contributed by atoms with Crippen molar-refractivity contribution in [1.29, 1.82) is 0 Å². The SMILES string of the molecule is CC(C)(C)OC(=O)Nc1ccc(O)c(C=NCCN=Cc2cc(NC(=O)OC(C)(C)C)ccc2O)c1.CC(C)(C)OC(=O)Nc1ccc(O)c(C=NCCN=Cc2cc(NC(=O)OC(C)(C)C)ccc2O)c1.[Fe]. The van der Waals surface area contributed by atoms with Crippen LogP contribution in [0.4, 0.5) is 41.9 Å². The average molecular weight is 1050 g/mol. The molecule has 0 bridgehead atoms. The van der Waals surface area contributed by atoms with Crippen molar-refractivity contribution in [3.63, 3.8) is 0 Å². The van der Waals surface area contributed by atoms with E-state index < -0.39 is 46.8 Å². The zero-order chi connectivity index (χ0) is 53.9. The number of amides is 4. The Balaban J connectivity index is 0.000000493. The van der Waals surface area contributed by atoms with Gasteiger partial charge in [-0.3, -0.25) is 41.2 Å². The Labute approximate surface area is 436 Å². The maximum Gasteiger partial charge on any atom is 0.412 e. The molecule has 4 aromatic carbocycles. The molecule has 0 spiro atoms. The van der Waals surface area contributed by atoms with Crippen molar-refractivity contribution in [2.75, 3.05) is 47.4 Å². The number of nitrogens with zero attached hydrogens (tertiary/aromatic N) is 4. The zero-order valence-corrected chi connectivity index (χ0v) is 44.4. The molecule has 21 heteroatoms. The topological polar surface area (TPSA) is 284 Å². The molecule has 0 aromatic heterocycles. The van der Waals surface area contributed by atoms with Crippen molar-refractivity contribution < 1.29 is 75.6 Å². The Kier molecular flexibility index (Phi) is 23.4. The summed E-state index contributed by atoms with van der Waals surface area (Å²) in [7, 11) is 0. The van der Waals surface area contributed by atoms with Gasteiger partial charge in [-0.2, -0.15) is 0 Å². The smallest absolute Gasteiger partial charge is 0.412 e. The van der Waals surface area contributed by atoms with Crippen molar-refractivity contribution in [2.24, 2.45) is 20.0 Å². The summed E-state index contributed by atoms with van der Waals surface area (Å²) >= 11 is 0. The molecule has 0 aliphatic carbocycles. The van der Waals surface area contributed by atoms with Gasteiger partial charge in [0.15, 0.2) is 0 Å². The van der Waals surface area contributed by atoms with Gasteiger partial charge in [0.2, 0.25) is 0 Å². The summed E-state index contributed by atoms with van der Waals surface area (Å²) < 4.78 is 20.9. The number of rotatable bonds is 14. The van der Waals surface area contributed by atoms with Gasteiger partial charge in [0, 0.05) is 86.9 Å². The van der Waals surface area contributed by atoms with E-state index in [1.807, 2.05) is 0 Å². The van der Waals surface area contributed by atoms with Crippen LogP contribution in [-0.2, 0) is 36.0 Å². The normalized spacial score (nSPS) is 11.9. The molecule has 0 radical (unpaired) electrons. The number of benzene rings is 4. The van der Waals surface area contributed by atoms with E-state index in [0.29, 0.717) is 71.2 Å². The molecule has 20 nitrogen and oxygen atoms in total. The minimum Gasteiger partial charge on any atom is -0.507 e. The second-order valence-corrected chi connectivity index (χ2v) is 19.7. The third-order valence-electron chi connectivity index (χ3n) is 8.33. The largest absolute Gasteiger partial charge is 0.507 e. The average Bonchev–Trinajstić information content (AvgIpc) is 3.22. The van der Waals surface area contributed by atoms with Gasteiger partial charge in [-0.15, -0.1) is 0 Å². The van der Waals surface area contributed by atoms with E-state index in [1.54, 1.807) is 132 Å². The minimum absolute atomic E-state index is 0. The molecular weight excluding hydrogens is 984 g/mol. The van der Waals surface area contributed by atoms with E-state index in [9.17, 15) is 39.6 Å². The molecule has 4 amide bonds. The van der Waals surface area contributed by atoms with Crippen LogP contribution in [0.3, 0.4) is 0 Å². The molecule has 396 valence electrons. The van der Waals surface area contributed by atoms with Crippen molar-refractivity contribution in [1.82, 2.24) is 0 Å². The summed E-state index contributed by atoms with van der Waals surface area (Å²) in [4.78, 5) is 64.7. The van der Waals surface area contributed by atoms with E-state index in [4.69, 9.17) is 18.9 Å². The first-order valence-electron chi connectivity index (χ1n) is 22.7. The van der Waals surface area contributed by atoms with Gasteiger partial charge in [-0.05, 0) is 156 Å². The van der Waals surface area contributed by atoms with Crippen LogP contribution in [0.2, 0.25) is 0 Å². The molecule has 0 aliphatic rings. The van der Waals surface area contributed by atoms with Gasteiger partial charge in [0.25, 0.3) is 0 Å². The number of anilines is 4. The fourth-order valence-corrected chi connectivity index (χ4v) is 5.51. The summed E-state index contributed by atoms with van der Waals surface area (Å²) in [5, 5.41) is 50.7.